The van der Waals surface area contributed by atoms with E-state index < -0.39 is 6.04 Å². The minimum atomic E-state index is -0.472. The first kappa shape index (κ1) is 24.5. The predicted octanol–water partition coefficient (Wildman–Crippen LogP) is 5.87. The van der Waals surface area contributed by atoms with E-state index in [9.17, 15) is 9.59 Å². The lowest BCUT2D eigenvalue weighted by Crippen LogP contribution is -2.41. The van der Waals surface area contributed by atoms with Gasteiger partial charge >= 0.3 is 5.97 Å². The third kappa shape index (κ3) is 10.7. The molecule has 1 fully saturated rings. The lowest BCUT2D eigenvalue weighted by molar-refractivity contribution is -0.143. The molecular formula is C24H41NO3. The molecule has 0 aliphatic carbocycles. The van der Waals surface area contributed by atoms with E-state index in [0.29, 0.717) is 6.42 Å². The van der Waals surface area contributed by atoms with Crippen LogP contribution in [0, 0.1) is 5.92 Å². The number of cyclic esters (lactones) is 1. The number of hydrogen-bond donors (Lipinski definition) is 1. The summed E-state index contributed by atoms with van der Waals surface area (Å²) in [6.07, 6.45) is 22.4. The lowest BCUT2D eigenvalue weighted by Gasteiger charge is -2.14. The molecule has 1 saturated heterocycles. The van der Waals surface area contributed by atoms with Crippen LogP contribution < -0.4 is 5.32 Å². The van der Waals surface area contributed by atoms with E-state index in [-0.39, 0.29) is 23.9 Å². The molecule has 1 amide bonds. The van der Waals surface area contributed by atoms with E-state index in [1.54, 1.807) is 0 Å². The maximum Gasteiger partial charge on any atom is 0.329 e. The number of ether oxygens (including phenoxy) is 1. The molecule has 1 aliphatic rings. The molecule has 1 heterocycles. The second-order valence-electron chi connectivity index (χ2n) is 8.03. The van der Waals surface area contributed by atoms with Gasteiger partial charge in [0.15, 0.2) is 0 Å². The summed E-state index contributed by atoms with van der Waals surface area (Å²) in [5.41, 5.74) is 0. The number of esters is 1. The van der Waals surface area contributed by atoms with Gasteiger partial charge in [0.25, 0.3) is 0 Å². The fourth-order valence-corrected chi connectivity index (χ4v) is 3.38. The van der Waals surface area contributed by atoms with E-state index >= 15 is 0 Å². The van der Waals surface area contributed by atoms with Gasteiger partial charge in [0, 0.05) is 12.3 Å². The van der Waals surface area contributed by atoms with Crippen LogP contribution in [-0.4, -0.2) is 24.0 Å². The fourth-order valence-electron chi connectivity index (χ4n) is 3.38. The summed E-state index contributed by atoms with van der Waals surface area (Å²) in [7, 11) is 0. The summed E-state index contributed by atoms with van der Waals surface area (Å²) >= 11 is 0. The van der Waals surface area contributed by atoms with Crippen molar-refractivity contribution in [3.8, 4) is 0 Å². The van der Waals surface area contributed by atoms with Crippen LogP contribution in [0.2, 0.25) is 0 Å². The maximum atomic E-state index is 12.0. The number of allylic oxidation sites excluding steroid dienone is 4. The van der Waals surface area contributed by atoms with Crippen LogP contribution in [-0.2, 0) is 14.3 Å². The maximum absolute atomic E-state index is 12.0. The molecule has 1 aliphatic heterocycles. The average molecular weight is 392 g/mol. The van der Waals surface area contributed by atoms with Gasteiger partial charge in [-0.3, -0.25) is 4.79 Å². The van der Waals surface area contributed by atoms with E-state index in [4.69, 9.17) is 4.74 Å². The van der Waals surface area contributed by atoms with E-state index in [1.807, 2.05) is 13.8 Å². The van der Waals surface area contributed by atoms with Gasteiger partial charge in [-0.1, -0.05) is 70.3 Å². The van der Waals surface area contributed by atoms with Crippen LogP contribution in [0.1, 0.15) is 97.8 Å². The third-order valence-corrected chi connectivity index (χ3v) is 5.49. The number of carbonyl (C=O) groups excluding carboxylic acids is 2. The smallest absolute Gasteiger partial charge is 0.329 e. The van der Waals surface area contributed by atoms with Crippen LogP contribution in [0.4, 0.5) is 0 Å². The summed E-state index contributed by atoms with van der Waals surface area (Å²) in [5.74, 6) is -0.289. The summed E-state index contributed by atoms with van der Waals surface area (Å²) in [5, 5.41) is 2.83. The van der Waals surface area contributed by atoms with Crippen molar-refractivity contribution < 1.29 is 14.3 Å². The first-order valence-corrected chi connectivity index (χ1v) is 11.4. The second kappa shape index (κ2) is 15.4. The van der Waals surface area contributed by atoms with Gasteiger partial charge in [-0.2, -0.15) is 0 Å². The normalized spacial score (nSPS) is 22.2. The molecule has 0 aromatic rings. The number of rotatable bonds is 15. The Kier molecular flexibility index (Phi) is 13.4. The van der Waals surface area contributed by atoms with Gasteiger partial charge in [0.1, 0.15) is 12.1 Å². The topological polar surface area (TPSA) is 55.4 Å². The van der Waals surface area contributed by atoms with Crippen molar-refractivity contribution in [2.45, 2.75) is 110 Å². The average Bonchev–Trinajstić information content (AvgIpc) is 2.91. The van der Waals surface area contributed by atoms with Gasteiger partial charge in [-0.05, 0) is 45.4 Å². The molecule has 0 aromatic heterocycles. The summed E-state index contributed by atoms with van der Waals surface area (Å²) < 4.78 is 5.16. The molecule has 28 heavy (non-hydrogen) atoms. The van der Waals surface area contributed by atoms with E-state index in [0.717, 1.165) is 32.1 Å². The van der Waals surface area contributed by atoms with Crippen LogP contribution in [0.5, 0.6) is 0 Å². The van der Waals surface area contributed by atoms with Crippen LogP contribution in [0.15, 0.2) is 24.3 Å². The summed E-state index contributed by atoms with van der Waals surface area (Å²) in [6, 6.07) is -0.472. The molecule has 0 radical (unpaired) electrons. The number of amides is 1. The van der Waals surface area contributed by atoms with Crippen LogP contribution in [0.3, 0.4) is 0 Å². The molecule has 1 rings (SSSR count). The highest BCUT2D eigenvalue weighted by molar-refractivity contribution is 5.86. The zero-order valence-electron chi connectivity index (χ0n) is 18.3. The van der Waals surface area contributed by atoms with Gasteiger partial charge < -0.3 is 10.1 Å². The number of nitrogens with one attached hydrogen (secondary N) is 1. The van der Waals surface area contributed by atoms with Crippen molar-refractivity contribution >= 4 is 11.9 Å². The molecule has 0 aromatic carbocycles. The Morgan fingerprint density at radius 2 is 1.54 bits per heavy atom. The van der Waals surface area contributed by atoms with E-state index in [2.05, 4.69) is 36.5 Å². The Morgan fingerprint density at radius 1 is 0.929 bits per heavy atom. The Hall–Kier alpha value is -1.58. The largest absolute Gasteiger partial charge is 0.461 e. The Labute approximate surface area is 172 Å². The van der Waals surface area contributed by atoms with Crippen LogP contribution in [0.25, 0.3) is 0 Å². The van der Waals surface area contributed by atoms with Crippen molar-refractivity contribution in [2.75, 3.05) is 0 Å². The molecule has 0 saturated carbocycles. The molecule has 1 N–H and O–H groups in total. The Bertz CT molecular complexity index is 498. The van der Waals surface area contributed by atoms with Crippen molar-refractivity contribution in [1.82, 2.24) is 5.32 Å². The monoisotopic (exact) mass is 391 g/mol. The SMILES string of the molecule is CCCCC/C=C\C/C=C/CCCCCCCC(=O)N[C@@H]1C(=O)O[C@@H](C)[C@@H]1C. The Balaban J connectivity index is 1.93. The predicted molar refractivity (Wildman–Crippen MR) is 116 cm³/mol. The molecule has 0 spiro atoms. The fraction of sp³-hybridized carbons (Fsp3) is 0.750. The number of carbonyl (C=O) groups is 2. The third-order valence-electron chi connectivity index (χ3n) is 5.49. The quantitative estimate of drug-likeness (QED) is 0.216. The highest BCUT2D eigenvalue weighted by Gasteiger charge is 2.40. The highest BCUT2D eigenvalue weighted by Crippen LogP contribution is 2.21. The molecular weight excluding hydrogens is 350 g/mol. The zero-order valence-corrected chi connectivity index (χ0v) is 18.3. The molecule has 0 unspecified atom stereocenters. The lowest BCUT2D eigenvalue weighted by atomic mass is 10.00. The number of hydrogen-bond acceptors (Lipinski definition) is 3. The van der Waals surface area contributed by atoms with E-state index in [1.165, 1.54) is 38.5 Å². The van der Waals surface area contributed by atoms with Gasteiger partial charge in [0.05, 0.1) is 0 Å². The molecule has 3 atom stereocenters. The first-order valence-electron chi connectivity index (χ1n) is 11.4. The highest BCUT2D eigenvalue weighted by atomic mass is 16.6. The van der Waals surface area contributed by atoms with Crippen molar-refractivity contribution in [3.63, 3.8) is 0 Å². The number of unbranched alkanes of at least 4 members (excludes halogenated alkanes) is 8. The Morgan fingerprint density at radius 3 is 2.14 bits per heavy atom. The molecule has 0 bridgehead atoms. The zero-order chi connectivity index (χ0) is 20.6. The second-order valence-corrected chi connectivity index (χ2v) is 8.03. The first-order chi connectivity index (χ1) is 13.6. The minimum Gasteiger partial charge on any atom is -0.461 e. The van der Waals surface area contributed by atoms with Crippen molar-refractivity contribution in [2.24, 2.45) is 5.92 Å². The van der Waals surface area contributed by atoms with Gasteiger partial charge in [-0.15, -0.1) is 0 Å². The summed E-state index contributed by atoms with van der Waals surface area (Å²) in [6.45, 7) is 6.05. The van der Waals surface area contributed by atoms with Crippen molar-refractivity contribution in [3.05, 3.63) is 24.3 Å². The summed E-state index contributed by atoms with van der Waals surface area (Å²) in [4.78, 5) is 23.7. The molecule has 4 nitrogen and oxygen atoms in total. The minimum absolute atomic E-state index is 0.0337. The van der Waals surface area contributed by atoms with Crippen molar-refractivity contribution in [1.29, 1.82) is 0 Å². The standard InChI is InChI=1S/C24H41NO3/c1-4-5-6-7-8-9-10-11-12-13-14-15-16-17-18-19-22(26)25-23-20(2)21(3)28-24(23)27/h8-9,11-12,20-21,23H,4-7,10,13-19H2,1-3H3,(H,25,26)/b9-8-,12-11+/t20-,21-,23-/m0/s1. The van der Waals surface area contributed by atoms with Crippen LogP contribution >= 0.6 is 0 Å². The molecule has 4 heteroatoms. The molecule has 160 valence electrons. The van der Waals surface area contributed by atoms with Gasteiger partial charge in [0.2, 0.25) is 5.91 Å². The van der Waals surface area contributed by atoms with Gasteiger partial charge in [-0.25, -0.2) is 4.79 Å².